The van der Waals surface area contributed by atoms with Crippen molar-refractivity contribution in [2.75, 3.05) is 13.1 Å². The summed E-state index contributed by atoms with van der Waals surface area (Å²) in [6.07, 6.45) is 0.189. The summed E-state index contributed by atoms with van der Waals surface area (Å²) in [6, 6.07) is 29.0. The van der Waals surface area contributed by atoms with E-state index in [0.717, 1.165) is 32.7 Å². The Kier molecular flexibility index (Phi) is 4.28. The van der Waals surface area contributed by atoms with Crippen LogP contribution in [0.1, 0.15) is 36.3 Å². The third-order valence-electron chi connectivity index (χ3n) is 7.41. The molecule has 0 atom stereocenters. The van der Waals surface area contributed by atoms with Crippen LogP contribution in [0, 0.1) is 0 Å². The monoisotopic (exact) mass is 448 g/mol. The Balaban J connectivity index is 1.45. The molecule has 0 unspecified atom stereocenters. The minimum atomic E-state index is -0.484. The van der Waals surface area contributed by atoms with E-state index in [2.05, 4.69) is 64.6 Å². The lowest BCUT2D eigenvalue weighted by molar-refractivity contribution is -0.259. The van der Waals surface area contributed by atoms with Gasteiger partial charge in [-0.25, -0.2) is 10.0 Å². The van der Waals surface area contributed by atoms with Crippen molar-refractivity contribution < 1.29 is 9.59 Å². The zero-order chi connectivity index (χ0) is 22.8. The summed E-state index contributed by atoms with van der Waals surface area (Å²) in [4.78, 5) is 26.8. The molecule has 168 valence electrons. The van der Waals surface area contributed by atoms with Gasteiger partial charge in [-0.3, -0.25) is 9.59 Å². The van der Waals surface area contributed by atoms with Gasteiger partial charge in [-0.1, -0.05) is 84.9 Å². The molecule has 0 aromatic heterocycles. The second kappa shape index (κ2) is 7.38. The number of carbonyl (C=O) groups is 2. The molecule has 0 radical (unpaired) electrons. The maximum atomic E-state index is 13.4. The van der Waals surface area contributed by atoms with Crippen molar-refractivity contribution >= 4 is 33.4 Å². The Labute approximate surface area is 197 Å². The summed E-state index contributed by atoms with van der Waals surface area (Å²) in [7, 11) is 0. The zero-order valence-corrected chi connectivity index (χ0v) is 18.7. The molecule has 0 aliphatic carbocycles. The summed E-state index contributed by atoms with van der Waals surface area (Å²) < 4.78 is 0. The first-order valence-electron chi connectivity index (χ1n) is 11.8. The average Bonchev–Trinajstić information content (AvgIpc) is 3.45. The highest BCUT2D eigenvalue weighted by Crippen LogP contribution is 2.48. The standard InChI is InChI=1S/C28H24N4O2/c33-25-15-17-29-27(23-13-5-9-19-7-1-3-11-21(19)23)30-18-16-26(34)32(30)28(31(25)29)24-14-6-10-20-8-2-4-12-22(20)24/h1-14,27-28H,15-18H2. The van der Waals surface area contributed by atoms with Gasteiger partial charge in [0.2, 0.25) is 11.8 Å². The first kappa shape index (κ1) is 19.7. The molecule has 0 spiro atoms. The number of fused-ring (bicyclic) bond motifs is 4. The number of nitrogens with zero attached hydrogens (tertiary/aromatic N) is 4. The van der Waals surface area contributed by atoms with Crippen LogP contribution < -0.4 is 0 Å². The molecule has 4 aromatic carbocycles. The van der Waals surface area contributed by atoms with Crippen LogP contribution in [-0.4, -0.2) is 44.9 Å². The minimum absolute atomic E-state index is 0.0579. The van der Waals surface area contributed by atoms with Crippen molar-refractivity contribution in [1.82, 2.24) is 20.0 Å². The molecule has 6 heteroatoms. The minimum Gasteiger partial charge on any atom is -0.273 e. The van der Waals surface area contributed by atoms with Gasteiger partial charge in [0, 0.05) is 31.5 Å². The second-order valence-electron chi connectivity index (χ2n) is 9.19. The van der Waals surface area contributed by atoms with Crippen LogP contribution in [0.5, 0.6) is 0 Å². The summed E-state index contributed by atoms with van der Waals surface area (Å²) >= 11 is 0. The molecule has 4 aromatic rings. The van der Waals surface area contributed by atoms with Gasteiger partial charge >= 0.3 is 0 Å². The third-order valence-corrected chi connectivity index (χ3v) is 7.41. The predicted octanol–water partition coefficient (Wildman–Crippen LogP) is 4.60. The predicted molar refractivity (Wildman–Crippen MR) is 130 cm³/mol. The van der Waals surface area contributed by atoms with E-state index in [4.69, 9.17) is 0 Å². The van der Waals surface area contributed by atoms with Crippen molar-refractivity contribution in [3.63, 3.8) is 0 Å². The van der Waals surface area contributed by atoms with Crippen LogP contribution >= 0.6 is 0 Å². The highest BCUT2D eigenvalue weighted by molar-refractivity contribution is 5.89. The number of amides is 2. The van der Waals surface area contributed by atoms with Gasteiger partial charge in [0.15, 0.2) is 6.17 Å². The molecule has 0 saturated carbocycles. The lowest BCUT2D eigenvalue weighted by atomic mass is 10.00. The largest absolute Gasteiger partial charge is 0.273 e. The highest BCUT2D eigenvalue weighted by atomic mass is 16.2. The molecule has 2 amide bonds. The molecular weight excluding hydrogens is 424 g/mol. The van der Waals surface area contributed by atoms with Gasteiger partial charge in [-0.05, 0) is 27.1 Å². The number of hydrogen-bond donors (Lipinski definition) is 0. The van der Waals surface area contributed by atoms with Crippen molar-refractivity contribution in [2.45, 2.75) is 25.2 Å². The van der Waals surface area contributed by atoms with Crippen LogP contribution in [0.25, 0.3) is 21.5 Å². The summed E-state index contributed by atoms with van der Waals surface area (Å²) in [5.74, 6) is 0.116. The van der Waals surface area contributed by atoms with E-state index in [1.54, 1.807) is 0 Å². The fraction of sp³-hybridized carbons (Fsp3) is 0.214. The normalized spacial score (nSPS) is 23.2. The van der Waals surface area contributed by atoms with E-state index >= 15 is 0 Å². The molecule has 3 aliphatic rings. The first-order chi connectivity index (χ1) is 16.7. The maximum Gasteiger partial charge on any atom is 0.240 e. The summed E-state index contributed by atoms with van der Waals surface area (Å²) in [6.45, 7) is 1.26. The van der Waals surface area contributed by atoms with Gasteiger partial charge < -0.3 is 0 Å². The number of benzene rings is 4. The molecule has 6 nitrogen and oxygen atoms in total. The Morgan fingerprint density at radius 1 is 0.529 bits per heavy atom. The lowest BCUT2D eigenvalue weighted by Crippen LogP contribution is -2.63. The molecule has 3 aliphatic heterocycles. The van der Waals surface area contributed by atoms with E-state index in [-0.39, 0.29) is 18.0 Å². The van der Waals surface area contributed by atoms with Crippen LogP contribution in [0.2, 0.25) is 0 Å². The van der Waals surface area contributed by atoms with Crippen molar-refractivity contribution in [1.29, 1.82) is 0 Å². The van der Waals surface area contributed by atoms with Crippen LogP contribution in [0.3, 0.4) is 0 Å². The molecule has 3 saturated heterocycles. The number of hydrogen-bond acceptors (Lipinski definition) is 4. The van der Waals surface area contributed by atoms with Crippen molar-refractivity contribution in [2.24, 2.45) is 0 Å². The average molecular weight is 449 g/mol. The highest BCUT2D eigenvalue weighted by Gasteiger charge is 2.55. The molecule has 3 fully saturated rings. The van der Waals surface area contributed by atoms with Crippen LogP contribution in [0.4, 0.5) is 0 Å². The molecule has 0 bridgehead atoms. The van der Waals surface area contributed by atoms with Gasteiger partial charge in [0.1, 0.15) is 6.17 Å². The Morgan fingerprint density at radius 3 is 1.50 bits per heavy atom. The topological polar surface area (TPSA) is 47.1 Å². The lowest BCUT2D eigenvalue weighted by Gasteiger charge is -2.54. The molecule has 34 heavy (non-hydrogen) atoms. The number of hydrazine groups is 2. The van der Waals surface area contributed by atoms with E-state index in [1.807, 2.05) is 40.3 Å². The van der Waals surface area contributed by atoms with Gasteiger partial charge in [0.25, 0.3) is 0 Å². The van der Waals surface area contributed by atoms with E-state index in [0.29, 0.717) is 25.9 Å². The molecule has 3 heterocycles. The Bertz CT molecular complexity index is 1420. The third kappa shape index (κ3) is 2.70. The van der Waals surface area contributed by atoms with E-state index < -0.39 is 6.17 Å². The summed E-state index contributed by atoms with van der Waals surface area (Å²) in [5, 5.41) is 12.6. The molecular formula is C28H24N4O2. The SMILES string of the molecule is O=C1CCN2C(c3cccc4ccccc34)N3CCC(=O)N3C(c3cccc4ccccc34)N12. The van der Waals surface area contributed by atoms with Gasteiger partial charge in [0.05, 0.1) is 0 Å². The van der Waals surface area contributed by atoms with Gasteiger partial charge in [-0.15, -0.1) is 0 Å². The number of carbonyl (C=O) groups excluding carboxylic acids is 2. The fourth-order valence-corrected chi connectivity index (χ4v) is 5.98. The quantitative estimate of drug-likeness (QED) is 0.450. The second-order valence-corrected chi connectivity index (χ2v) is 9.19. The zero-order valence-electron chi connectivity index (χ0n) is 18.7. The van der Waals surface area contributed by atoms with Crippen LogP contribution in [0.15, 0.2) is 84.9 Å². The van der Waals surface area contributed by atoms with Crippen molar-refractivity contribution in [3.8, 4) is 0 Å². The Hall–Kier alpha value is -3.74. The Morgan fingerprint density at radius 2 is 0.971 bits per heavy atom. The molecule has 7 rings (SSSR count). The van der Waals surface area contributed by atoms with E-state index in [9.17, 15) is 9.59 Å². The van der Waals surface area contributed by atoms with Crippen molar-refractivity contribution in [3.05, 3.63) is 96.1 Å². The number of rotatable bonds is 2. The summed E-state index contributed by atoms with van der Waals surface area (Å²) in [5.41, 5.74) is 2.10. The first-order valence-corrected chi connectivity index (χ1v) is 11.8. The fourth-order valence-electron chi connectivity index (χ4n) is 5.98. The van der Waals surface area contributed by atoms with Crippen LogP contribution in [-0.2, 0) is 9.59 Å². The van der Waals surface area contributed by atoms with E-state index in [1.165, 1.54) is 0 Å². The maximum absolute atomic E-state index is 13.4. The smallest absolute Gasteiger partial charge is 0.240 e. The molecule has 0 N–H and O–H groups in total. The van der Waals surface area contributed by atoms with Gasteiger partial charge in [-0.2, -0.15) is 10.0 Å².